The lowest BCUT2D eigenvalue weighted by molar-refractivity contribution is -0.127. The summed E-state index contributed by atoms with van der Waals surface area (Å²) in [6.07, 6.45) is 2.22. The molecular weight excluding hydrogens is 252 g/mol. The van der Waals surface area contributed by atoms with Crippen LogP contribution in [-0.4, -0.2) is 34.7 Å². The van der Waals surface area contributed by atoms with E-state index in [2.05, 4.69) is 10.4 Å². The van der Waals surface area contributed by atoms with Gasteiger partial charge in [0.05, 0.1) is 18.7 Å². The molecule has 1 aromatic heterocycles. The zero-order chi connectivity index (χ0) is 14.5. The van der Waals surface area contributed by atoms with Gasteiger partial charge in [0.2, 0.25) is 5.91 Å². The van der Waals surface area contributed by atoms with Gasteiger partial charge < -0.3 is 10.2 Å². The third kappa shape index (κ3) is 3.60. The van der Waals surface area contributed by atoms with Crippen molar-refractivity contribution in [3.8, 4) is 0 Å². The van der Waals surface area contributed by atoms with Crippen molar-refractivity contribution in [1.82, 2.24) is 14.7 Å². The number of benzene rings is 1. The topological polar surface area (TPSA) is 50.2 Å². The number of nitrogens with one attached hydrogen (secondary N) is 1. The normalized spacial score (nSPS) is 10.3. The molecule has 0 aliphatic heterocycles. The van der Waals surface area contributed by atoms with Crippen molar-refractivity contribution in [3.05, 3.63) is 47.8 Å². The minimum atomic E-state index is 0.112. The Hall–Kier alpha value is -2.30. The second-order valence-corrected chi connectivity index (χ2v) is 4.96. The third-order valence-electron chi connectivity index (χ3n) is 3.20. The molecule has 0 bridgehead atoms. The number of rotatable bonds is 5. The zero-order valence-electron chi connectivity index (χ0n) is 12.1. The van der Waals surface area contributed by atoms with Gasteiger partial charge in [-0.15, -0.1) is 0 Å². The number of carbonyl (C=O) groups excluding carboxylic acids is 1. The lowest BCUT2D eigenvalue weighted by Gasteiger charge is -2.11. The van der Waals surface area contributed by atoms with Crippen LogP contribution < -0.4 is 5.32 Å². The van der Waals surface area contributed by atoms with E-state index in [0.29, 0.717) is 6.42 Å². The minimum Gasteiger partial charge on any atom is -0.379 e. The van der Waals surface area contributed by atoms with Gasteiger partial charge in [-0.25, -0.2) is 0 Å². The quantitative estimate of drug-likeness (QED) is 0.900. The van der Waals surface area contributed by atoms with Crippen LogP contribution in [0, 0.1) is 0 Å². The van der Waals surface area contributed by atoms with Crippen molar-refractivity contribution in [3.63, 3.8) is 0 Å². The Morgan fingerprint density at radius 1 is 1.25 bits per heavy atom. The van der Waals surface area contributed by atoms with Gasteiger partial charge in [0.15, 0.2) is 0 Å². The Labute approximate surface area is 119 Å². The highest BCUT2D eigenvalue weighted by molar-refractivity contribution is 5.78. The van der Waals surface area contributed by atoms with Crippen molar-refractivity contribution in [2.45, 2.75) is 13.0 Å². The fourth-order valence-corrected chi connectivity index (χ4v) is 1.84. The van der Waals surface area contributed by atoms with E-state index in [-0.39, 0.29) is 5.91 Å². The molecule has 2 aromatic rings. The summed E-state index contributed by atoms with van der Waals surface area (Å²) in [5.74, 6) is 0.112. The molecule has 0 fully saturated rings. The van der Waals surface area contributed by atoms with Crippen LogP contribution in [0.4, 0.5) is 5.69 Å². The number of carbonyl (C=O) groups is 1. The molecule has 20 heavy (non-hydrogen) atoms. The standard InChI is InChI=1S/C15H20N4O/c1-18(2)15(20)10-12-4-6-13(7-5-12)16-11-14-8-9-17-19(14)3/h4-9,16H,10-11H2,1-3H3. The monoisotopic (exact) mass is 272 g/mol. The smallest absolute Gasteiger partial charge is 0.226 e. The van der Waals surface area contributed by atoms with Gasteiger partial charge in [0.1, 0.15) is 0 Å². The number of nitrogens with zero attached hydrogens (tertiary/aromatic N) is 3. The molecule has 0 saturated carbocycles. The molecule has 1 aromatic carbocycles. The van der Waals surface area contributed by atoms with Crippen molar-refractivity contribution in [1.29, 1.82) is 0 Å². The average molecular weight is 272 g/mol. The van der Waals surface area contributed by atoms with Crippen molar-refractivity contribution in [2.24, 2.45) is 7.05 Å². The van der Waals surface area contributed by atoms with Crippen molar-refractivity contribution < 1.29 is 4.79 Å². The highest BCUT2D eigenvalue weighted by Crippen LogP contribution is 2.12. The second-order valence-electron chi connectivity index (χ2n) is 4.96. The molecule has 1 N–H and O–H groups in total. The SMILES string of the molecule is CN(C)C(=O)Cc1ccc(NCc2ccnn2C)cc1. The van der Waals surface area contributed by atoms with Crippen LogP contribution in [0.3, 0.4) is 0 Å². The molecule has 5 heteroatoms. The summed E-state index contributed by atoms with van der Waals surface area (Å²) >= 11 is 0. The van der Waals surface area contributed by atoms with E-state index in [9.17, 15) is 4.79 Å². The van der Waals surface area contributed by atoms with Crippen LogP contribution in [0.2, 0.25) is 0 Å². The highest BCUT2D eigenvalue weighted by atomic mass is 16.2. The summed E-state index contributed by atoms with van der Waals surface area (Å²) in [4.78, 5) is 13.2. The Bertz CT molecular complexity index is 572. The van der Waals surface area contributed by atoms with E-state index in [1.807, 2.05) is 42.1 Å². The predicted octanol–water partition coefficient (Wildman–Crippen LogP) is 1.66. The van der Waals surface area contributed by atoms with Gasteiger partial charge >= 0.3 is 0 Å². The fourth-order valence-electron chi connectivity index (χ4n) is 1.84. The zero-order valence-corrected chi connectivity index (χ0v) is 12.1. The summed E-state index contributed by atoms with van der Waals surface area (Å²) in [5.41, 5.74) is 3.18. The Kier molecular flexibility index (Phi) is 4.40. The maximum Gasteiger partial charge on any atom is 0.226 e. The number of likely N-dealkylation sites (N-methyl/N-ethyl adjacent to an activating group) is 1. The van der Waals surface area contributed by atoms with E-state index in [0.717, 1.165) is 23.5 Å². The number of hydrogen-bond donors (Lipinski definition) is 1. The largest absolute Gasteiger partial charge is 0.379 e. The summed E-state index contributed by atoms with van der Waals surface area (Å²) < 4.78 is 1.84. The molecule has 2 rings (SSSR count). The Morgan fingerprint density at radius 3 is 2.50 bits per heavy atom. The molecule has 106 valence electrons. The van der Waals surface area contributed by atoms with E-state index >= 15 is 0 Å². The van der Waals surface area contributed by atoms with Gasteiger partial charge in [0, 0.05) is 33.0 Å². The molecule has 1 heterocycles. The van der Waals surface area contributed by atoms with Gasteiger partial charge in [-0.1, -0.05) is 12.1 Å². The first-order chi connectivity index (χ1) is 9.56. The minimum absolute atomic E-state index is 0.112. The number of aryl methyl sites for hydroxylation is 1. The number of hydrogen-bond acceptors (Lipinski definition) is 3. The molecule has 0 aliphatic carbocycles. The number of aromatic nitrogens is 2. The van der Waals surface area contributed by atoms with Crippen molar-refractivity contribution >= 4 is 11.6 Å². The first kappa shape index (κ1) is 14.1. The van der Waals surface area contributed by atoms with Crippen LogP contribution in [0.5, 0.6) is 0 Å². The van der Waals surface area contributed by atoms with Crippen LogP contribution in [0.1, 0.15) is 11.3 Å². The lowest BCUT2D eigenvalue weighted by Crippen LogP contribution is -2.23. The van der Waals surface area contributed by atoms with Crippen LogP contribution in [0.15, 0.2) is 36.5 Å². The first-order valence-electron chi connectivity index (χ1n) is 6.56. The van der Waals surface area contributed by atoms with Gasteiger partial charge in [-0.05, 0) is 23.8 Å². The Balaban J connectivity index is 1.91. The van der Waals surface area contributed by atoms with Crippen LogP contribution in [0.25, 0.3) is 0 Å². The van der Waals surface area contributed by atoms with E-state index in [1.165, 1.54) is 0 Å². The fraction of sp³-hybridized carbons (Fsp3) is 0.333. The molecule has 0 aliphatic rings. The molecule has 0 unspecified atom stereocenters. The molecule has 0 radical (unpaired) electrons. The van der Waals surface area contributed by atoms with Gasteiger partial charge in [0.25, 0.3) is 0 Å². The van der Waals surface area contributed by atoms with E-state index in [1.54, 1.807) is 25.2 Å². The molecule has 1 amide bonds. The summed E-state index contributed by atoms with van der Waals surface area (Å²) in [7, 11) is 5.46. The molecular formula is C15H20N4O. The molecule has 0 spiro atoms. The molecule has 5 nitrogen and oxygen atoms in total. The van der Waals surface area contributed by atoms with E-state index < -0.39 is 0 Å². The second kappa shape index (κ2) is 6.23. The molecule has 0 saturated heterocycles. The first-order valence-corrected chi connectivity index (χ1v) is 6.56. The highest BCUT2D eigenvalue weighted by Gasteiger charge is 2.05. The third-order valence-corrected chi connectivity index (χ3v) is 3.20. The maximum absolute atomic E-state index is 11.6. The average Bonchev–Trinajstić information content (AvgIpc) is 2.83. The Morgan fingerprint density at radius 2 is 1.95 bits per heavy atom. The summed E-state index contributed by atoms with van der Waals surface area (Å²) in [5, 5.41) is 7.46. The summed E-state index contributed by atoms with van der Waals surface area (Å²) in [6.45, 7) is 0.729. The number of amides is 1. The van der Waals surface area contributed by atoms with Crippen molar-refractivity contribution in [2.75, 3.05) is 19.4 Å². The van der Waals surface area contributed by atoms with E-state index in [4.69, 9.17) is 0 Å². The van der Waals surface area contributed by atoms with Crippen LogP contribution >= 0.6 is 0 Å². The predicted molar refractivity (Wildman–Crippen MR) is 79.4 cm³/mol. The number of anilines is 1. The maximum atomic E-state index is 11.6. The molecule has 0 atom stereocenters. The summed E-state index contributed by atoms with van der Waals surface area (Å²) in [6, 6.07) is 9.93. The van der Waals surface area contributed by atoms with Gasteiger partial charge in [-0.2, -0.15) is 5.10 Å². The van der Waals surface area contributed by atoms with Crippen LogP contribution in [-0.2, 0) is 24.8 Å². The van der Waals surface area contributed by atoms with Gasteiger partial charge in [-0.3, -0.25) is 9.48 Å². The lowest BCUT2D eigenvalue weighted by atomic mass is 10.1.